The molecule has 1 aliphatic heterocycles. The number of piperazine rings is 1. The fraction of sp³-hybridized carbons (Fsp3) is 0.360. The highest BCUT2D eigenvalue weighted by Crippen LogP contribution is 2.31. The second kappa shape index (κ2) is 9.54. The lowest BCUT2D eigenvalue weighted by atomic mass is 10.1. The molecule has 0 spiro atoms. The molecule has 33 heavy (non-hydrogen) atoms. The van der Waals surface area contributed by atoms with Gasteiger partial charge in [-0.15, -0.1) is 0 Å². The van der Waals surface area contributed by atoms with Crippen LogP contribution in [0.15, 0.2) is 42.5 Å². The van der Waals surface area contributed by atoms with Crippen LogP contribution in [0.2, 0.25) is 0 Å². The Labute approximate surface area is 193 Å². The number of benzene rings is 2. The Morgan fingerprint density at radius 3 is 2.48 bits per heavy atom. The average molecular weight is 451 g/mol. The molecule has 2 N–H and O–H groups in total. The predicted molar refractivity (Wildman–Crippen MR) is 129 cm³/mol. The van der Waals surface area contributed by atoms with E-state index >= 15 is 0 Å². The molecule has 1 atom stereocenters. The number of ether oxygens (including phenoxy) is 2. The molecule has 1 saturated heterocycles. The summed E-state index contributed by atoms with van der Waals surface area (Å²) in [6.45, 7) is 6.92. The second-order valence-corrected chi connectivity index (χ2v) is 8.28. The van der Waals surface area contributed by atoms with Gasteiger partial charge in [0.1, 0.15) is 11.4 Å². The SMILES string of the molecule is COC(=O)c1[nH]c2ccc(C)cc2c1NC(=O)C(C)N1CCN(c2ccccc2OC)CC1. The third-order valence-corrected chi connectivity index (χ3v) is 6.26. The van der Waals surface area contributed by atoms with Gasteiger partial charge in [-0.3, -0.25) is 9.69 Å². The zero-order chi connectivity index (χ0) is 23.5. The molecule has 0 saturated carbocycles. The molecule has 1 aromatic heterocycles. The van der Waals surface area contributed by atoms with Crippen LogP contribution < -0.4 is 15.0 Å². The quantitative estimate of drug-likeness (QED) is 0.560. The number of methoxy groups -OCH3 is 2. The van der Waals surface area contributed by atoms with E-state index in [-0.39, 0.29) is 17.6 Å². The monoisotopic (exact) mass is 450 g/mol. The summed E-state index contributed by atoms with van der Waals surface area (Å²) >= 11 is 0. The maximum atomic E-state index is 13.2. The maximum absolute atomic E-state index is 13.2. The molecule has 1 amide bonds. The minimum atomic E-state index is -0.516. The number of amides is 1. The summed E-state index contributed by atoms with van der Waals surface area (Å²) < 4.78 is 10.4. The molecule has 1 unspecified atom stereocenters. The number of hydrogen-bond donors (Lipinski definition) is 2. The highest BCUT2D eigenvalue weighted by Gasteiger charge is 2.28. The molecule has 2 aromatic carbocycles. The van der Waals surface area contributed by atoms with Gasteiger partial charge < -0.3 is 24.7 Å². The van der Waals surface area contributed by atoms with E-state index in [0.717, 1.165) is 54.1 Å². The number of para-hydroxylation sites is 2. The number of carbonyl (C=O) groups excluding carboxylic acids is 2. The first kappa shape index (κ1) is 22.7. The largest absolute Gasteiger partial charge is 0.495 e. The third-order valence-electron chi connectivity index (χ3n) is 6.26. The van der Waals surface area contributed by atoms with Crippen LogP contribution in [0.3, 0.4) is 0 Å². The van der Waals surface area contributed by atoms with E-state index in [1.807, 2.05) is 50.2 Å². The molecular formula is C25H30N4O4. The minimum absolute atomic E-state index is 0.159. The van der Waals surface area contributed by atoms with E-state index in [4.69, 9.17) is 9.47 Å². The van der Waals surface area contributed by atoms with Crippen LogP contribution in [0.5, 0.6) is 5.75 Å². The summed E-state index contributed by atoms with van der Waals surface area (Å²) in [5.74, 6) is 0.173. The van der Waals surface area contributed by atoms with Crippen LogP contribution in [-0.2, 0) is 9.53 Å². The number of H-pyrrole nitrogens is 1. The normalized spacial score (nSPS) is 15.3. The number of rotatable bonds is 6. The number of nitrogens with one attached hydrogen (secondary N) is 2. The molecular weight excluding hydrogens is 420 g/mol. The number of fused-ring (bicyclic) bond motifs is 1. The van der Waals surface area contributed by atoms with Crippen LogP contribution >= 0.6 is 0 Å². The highest BCUT2D eigenvalue weighted by molar-refractivity contribution is 6.11. The van der Waals surface area contributed by atoms with Crippen molar-refractivity contribution < 1.29 is 19.1 Å². The number of aromatic nitrogens is 1. The first-order valence-electron chi connectivity index (χ1n) is 11.1. The zero-order valence-corrected chi connectivity index (χ0v) is 19.5. The highest BCUT2D eigenvalue weighted by atomic mass is 16.5. The molecule has 8 heteroatoms. The molecule has 0 bridgehead atoms. The summed E-state index contributed by atoms with van der Waals surface area (Å²) in [5.41, 5.74) is 3.58. The van der Waals surface area contributed by atoms with Crippen molar-refractivity contribution in [1.29, 1.82) is 0 Å². The molecule has 3 aromatic rings. The third kappa shape index (κ3) is 4.52. The number of esters is 1. The Bertz CT molecular complexity index is 1160. The Hall–Kier alpha value is -3.52. The van der Waals surface area contributed by atoms with Gasteiger partial charge in [0.25, 0.3) is 0 Å². The average Bonchev–Trinajstić information content (AvgIpc) is 3.20. The number of aromatic amines is 1. The standard InChI is InChI=1S/C25H30N4O4/c1-16-9-10-19-18(15-16)22(23(26-19)25(31)33-4)27-24(30)17(2)28-11-13-29(14-12-28)20-7-5-6-8-21(20)32-3/h5-10,15,17,26H,11-14H2,1-4H3,(H,27,30). The number of anilines is 2. The van der Waals surface area contributed by atoms with Crippen molar-refractivity contribution in [2.75, 3.05) is 50.6 Å². The summed E-state index contributed by atoms with van der Waals surface area (Å²) in [4.78, 5) is 33.0. The summed E-state index contributed by atoms with van der Waals surface area (Å²) in [7, 11) is 3.00. The van der Waals surface area contributed by atoms with E-state index in [2.05, 4.69) is 26.2 Å². The van der Waals surface area contributed by atoms with Crippen molar-refractivity contribution in [2.45, 2.75) is 19.9 Å². The minimum Gasteiger partial charge on any atom is -0.495 e. The molecule has 0 radical (unpaired) electrons. The van der Waals surface area contributed by atoms with Gasteiger partial charge in [-0.25, -0.2) is 4.79 Å². The van der Waals surface area contributed by atoms with Gasteiger partial charge in [-0.2, -0.15) is 0 Å². The van der Waals surface area contributed by atoms with Crippen LogP contribution in [0.1, 0.15) is 23.0 Å². The van der Waals surface area contributed by atoms with E-state index in [1.54, 1.807) is 7.11 Å². The second-order valence-electron chi connectivity index (χ2n) is 8.28. The van der Waals surface area contributed by atoms with Crippen molar-refractivity contribution in [1.82, 2.24) is 9.88 Å². The fourth-order valence-corrected chi connectivity index (χ4v) is 4.33. The van der Waals surface area contributed by atoms with Crippen LogP contribution in [0.4, 0.5) is 11.4 Å². The topological polar surface area (TPSA) is 86.9 Å². The van der Waals surface area contributed by atoms with Gasteiger partial charge >= 0.3 is 5.97 Å². The van der Waals surface area contributed by atoms with E-state index in [9.17, 15) is 9.59 Å². The Morgan fingerprint density at radius 1 is 1.06 bits per heavy atom. The van der Waals surface area contributed by atoms with Crippen molar-refractivity contribution in [3.63, 3.8) is 0 Å². The van der Waals surface area contributed by atoms with Gasteiger partial charge in [-0.1, -0.05) is 23.8 Å². The van der Waals surface area contributed by atoms with Crippen LogP contribution in [0, 0.1) is 6.92 Å². The summed E-state index contributed by atoms with van der Waals surface area (Å²) in [6, 6.07) is 13.4. The van der Waals surface area contributed by atoms with Crippen LogP contribution in [-0.4, -0.2) is 68.2 Å². The van der Waals surface area contributed by atoms with E-state index in [0.29, 0.717) is 5.69 Å². The molecule has 1 fully saturated rings. The zero-order valence-electron chi connectivity index (χ0n) is 19.5. The predicted octanol–water partition coefficient (Wildman–Crippen LogP) is 3.42. The smallest absolute Gasteiger partial charge is 0.356 e. The van der Waals surface area contributed by atoms with E-state index in [1.165, 1.54) is 7.11 Å². The lowest BCUT2D eigenvalue weighted by Gasteiger charge is -2.38. The Kier molecular flexibility index (Phi) is 6.55. The van der Waals surface area contributed by atoms with Gasteiger partial charge in [0.15, 0.2) is 0 Å². The molecule has 1 aliphatic rings. The molecule has 174 valence electrons. The Balaban J connectivity index is 1.48. The fourth-order valence-electron chi connectivity index (χ4n) is 4.33. The first-order chi connectivity index (χ1) is 15.9. The summed E-state index contributed by atoms with van der Waals surface area (Å²) in [6.07, 6.45) is 0. The molecule has 2 heterocycles. The maximum Gasteiger partial charge on any atom is 0.356 e. The first-order valence-corrected chi connectivity index (χ1v) is 11.1. The summed E-state index contributed by atoms with van der Waals surface area (Å²) in [5, 5.41) is 3.78. The van der Waals surface area contributed by atoms with Gasteiger partial charge in [0.05, 0.1) is 31.6 Å². The van der Waals surface area contributed by atoms with Crippen molar-refractivity contribution in [3.8, 4) is 5.75 Å². The number of hydrogen-bond acceptors (Lipinski definition) is 6. The molecule has 4 rings (SSSR count). The lowest BCUT2D eigenvalue weighted by Crippen LogP contribution is -2.53. The van der Waals surface area contributed by atoms with Crippen molar-refractivity contribution in [2.24, 2.45) is 0 Å². The Morgan fingerprint density at radius 2 is 1.79 bits per heavy atom. The lowest BCUT2D eigenvalue weighted by molar-refractivity contribution is -0.120. The molecule has 8 nitrogen and oxygen atoms in total. The number of aryl methyl sites for hydroxylation is 1. The van der Waals surface area contributed by atoms with Gasteiger partial charge in [0.2, 0.25) is 5.91 Å². The number of carbonyl (C=O) groups is 2. The van der Waals surface area contributed by atoms with Crippen LogP contribution in [0.25, 0.3) is 10.9 Å². The van der Waals surface area contributed by atoms with Crippen molar-refractivity contribution >= 4 is 34.2 Å². The van der Waals surface area contributed by atoms with E-state index < -0.39 is 5.97 Å². The van der Waals surface area contributed by atoms with Gasteiger partial charge in [-0.05, 0) is 38.1 Å². The molecule has 0 aliphatic carbocycles. The van der Waals surface area contributed by atoms with Gasteiger partial charge in [0, 0.05) is 37.1 Å². The number of nitrogens with zero attached hydrogens (tertiary/aromatic N) is 2. The van der Waals surface area contributed by atoms with Crippen molar-refractivity contribution in [3.05, 3.63) is 53.7 Å².